The third kappa shape index (κ3) is 3.45. The van der Waals surface area contributed by atoms with Crippen LogP contribution in [0.4, 0.5) is 5.69 Å². The minimum Gasteiger partial charge on any atom is -0.486 e. The van der Waals surface area contributed by atoms with Crippen molar-refractivity contribution in [1.82, 2.24) is 4.90 Å². The van der Waals surface area contributed by atoms with E-state index in [2.05, 4.69) is 0 Å². The second kappa shape index (κ2) is 7.26. The smallest absolute Gasteiger partial charge is 0.273 e. The van der Waals surface area contributed by atoms with Crippen LogP contribution < -0.4 is 9.47 Å². The lowest BCUT2D eigenvalue weighted by Gasteiger charge is -2.27. The number of para-hydroxylation sites is 1. The van der Waals surface area contributed by atoms with E-state index in [1.165, 1.54) is 6.07 Å². The largest absolute Gasteiger partial charge is 0.486 e. The molecule has 0 aromatic heterocycles. The summed E-state index contributed by atoms with van der Waals surface area (Å²) in [6, 6.07) is 12.2. The van der Waals surface area contributed by atoms with Crippen molar-refractivity contribution in [3.05, 3.63) is 63.7 Å². The predicted molar refractivity (Wildman–Crippen MR) is 97.9 cm³/mol. The summed E-state index contributed by atoms with van der Waals surface area (Å²) < 4.78 is 11.2. The Morgan fingerprint density at radius 1 is 1.15 bits per heavy atom. The van der Waals surface area contributed by atoms with E-state index < -0.39 is 4.92 Å². The summed E-state index contributed by atoms with van der Waals surface area (Å²) in [5.74, 6) is 1.33. The molecule has 1 fully saturated rings. The van der Waals surface area contributed by atoms with Crippen LogP contribution in [0.25, 0.3) is 0 Å². The first-order valence-corrected chi connectivity index (χ1v) is 9.05. The number of nitro benzene ring substituents is 1. The van der Waals surface area contributed by atoms with Crippen molar-refractivity contribution in [2.75, 3.05) is 19.8 Å². The number of carbonyl (C=O) groups is 1. The molecule has 4 rings (SSSR count). The Morgan fingerprint density at radius 2 is 1.93 bits per heavy atom. The van der Waals surface area contributed by atoms with Gasteiger partial charge >= 0.3 is 0 Å². The SMILES string of the molecule is O=C(Cc1ccccc1[N+](=O)[O-])N1CCC[C@H]1c1ccc2c(c1)OCCO2. The first-order chi connectivity index (χ1) is 13.1. The van der Waals surface area contributed by atoms with E-state index >= 15 is 0 Å². The zero-order valence-electron chi connectivity index (χ0n) is 14.8. The normalized spacial score (nSPS) is 18.4. The van der Waals surface area contributed by atoms with Gasteiger partial charge in [0.25, 0.3) is 5.69 Å². The highest BCUT2D eigenvalue weighted by atomic mass is 16.6. The number of ether oxygens (including phenoxy) is 2. The van der Waals surface area contributed by atoms with Crippen LogP contribution >= 0.6 is 0 Å². The van der Waals surface area contributed by atoms with Crippen LogP contribution in [0.3, 0.4) is 0 Å². The van der Waals surface area contributed by atoms with Crippen LogP contribution in [-0.2, 0) is 11.2 Å². The Bertz CT molecular complexity index is 882. The fourth-order valence-electron chi connectivity index (χ4n) is 3.78. The average Bonchev–Trinajstić information content (AvgIpc) is 3.18. The maximum Gasteiger partial charge on any atom is 0.273 e. The lowest BCUT2D eigenvalue weighted by Crippen LogP contribution is -2.32. The average molecular weight is 368 g/mol. The molecule has 0 spiro atoms. The van der Waals surface area contributed by atoms with Gasteiger partial charge in [0.1, 0.15) is 13.2 Å². The van der Waals surface area contributed by atoms with Gasteiger partial charge in [-0.25, -0.2) is 0 Å². The van der Waals surface area contributed by atoms with E-state index in [9.17, 15) is 14.9 Å². The highest BCUT2D eigenvalue weighted by molar-refractivity contribution is 5.80. The van der Waals surface area contributed by atoms with Crippen molar-refractivity contribution in [3.63, 3.8) is 0 Å². The van der Waals surface area contributed by atoms with Crippen molar-refractivity contribution in [3.8, 4) is 11.5 Å². The lowest BCUT2D eigenvalue weighted by molar-refractivity contribution is -0.385. The molecule has 2 aliphatic heterocycles. The summed E-state index contributed by atoms with van der Waals surface area (Å²) in [6.45, 7) is 1.70. The van der Waals surface area contributed by atoms with Gasteiger partial charge in [-0.15, -0.1) is 0 Å². The molecule has 0 unspecified atom stereocenters. The molecule has 2 aliphatic rings. The maximum atomic E-state index is 12.9. The Hall–Kier alpha value is -3.09. The van der Waals surface area contributed by atoms with Gasteiger partial charge in [0.05, 0.1) is 17.4 Å². The lowest BCUT2D eigenvalue weighted by atomic mass is 10.0. The number of benzene rings is 2. The summed E-state index contributed by atoms with van der Waals surface area (Å²) in [4.78, 5) is 25.5. The number of hydrogen-bond donors (Lipinski definition) is 0. The van der Waals surface area contributed by atoms with E-state index in [0.717, 1.165) is 24.2 Å². The van der Waals surface area contributed by atoms with Gasteiger partial charge in [-0.05, 0) is 30.5 Å². The van der Waals surface area contributed by atoms with Gasteiger partial charge in [0.15, 0.2) is 11.5 Å². The molecule has 0 aliphatic carbocycles. The number of fused-ring (bicyclic) bond motifs is 1. The number of carbonyl (C=O) groups excluding carboxylic acids is 1. The summed E-state index contributed by atoms with van der Waals surface area (Å²) in [5.41, 5.74) is 1.44. The summed E-state index contributed by atoms with van der Waals surface area (Å²) in [7, 11) is 0. The highest BCUT2D eigenvalue weighted by Gasteiger charge is 2.31. The second-order valence-corrected chi connectivity index (χ2v) is 6.71. The zero-order valence-corrected chi connectivity index (χ0v) is 14.8. The second-order valence-electron chi connectivity index (χ2n) is 6.71. The van der Waals surface area contributed by atoms with Gasteiger partial charge in [-0.2, -0.15) is 0 Å². The van der Waals surface area contributed by atoms with E-state index in [1.807, 2.05) is 23.1 Å². The van der Waals surface area contributed by atoms with E-state index in [4.69, 9.17) is 9.47 Å². The molecule has 2 heterocycles. The molecule has 1 amide bonds. The number of hydrogen-bond acceptors (Lipinski definition) is 5. The van der Waals surface area contributed by atoms with Gasteiger partial charge in [0, 0.05) is 18.2 Å². The number of amides is 1. The van der Waals surface area contributed by atoms with Crippen molar-refractivity contribution < 1.29 is 19.2 Å². The van der Waals surface area contributed by atoms with Crippen molar-refractivity contribution in [2.24, 2.45) is 0 Å². The quantitative estimate of drug-likeness (QED) is 0.611. The Kier molecular flexibility index (Phi) is 4.66. The number of rotatable bonds is 4. The molecule has 0 bridgehead atoms. The zero-order chi connectivity index (χ0) is 18.8. The monoisotopic (exact) mass is 368 g/mol. The summed E-state index contributed by atoms with van der Waals surface area (Å²) in [6.07, 6.45) is 1.79. The van der Waals surface area contributed by atoms with Gasteiger partial charge in [0.2, 0.25) is 5.91 Å². The molecule has 7 nitrogen and oxygen atoms in total. The predicted octanol–water partition coefficient (Wildman–Crippen LogP) is 3.27. The molecule has 1 saturated heterocycles. The molecule has 2 aromatic carbocycles. The summed E-state index contributed by atoms with van der Waals surface area (Å²) >= 11 is 0. The fourth-order valence-corrected chi connectivity index (χ4v) is 3.78. The minimum atomic E-state index is -0.440. The van der Waals surface area contributed by atoms with Crippen LogP contribution in [0, 0.1) is 10.1 Å². The van der Waals surface area contributed by atoms with Crippen LogP contribution in [0.2, 0.25) is 0 Å². The van der Waals surface area contributed by atoms with Crippen LogP contribution in [0.1, 0.15) is 30.0 Å². The van der Waals surface area contributed by atoms with E-state index in [1.54, 1.807) is 18.2 Å². The molecule has 1 atom stereocenters. The summed E-state index contributed by atoms with van der Waals surface area (Å²) in [5, 5.41) is 11.2. The van der Waals surface area contributed by atoms with E-state index in [-0.39, 0.29) is 24.1 Å². The van der Waals surface area contributed by atoms with Crippen molar-refractivity contribution in [1.29, 1.82) is 0 Å². The van der Waals surface area contributed by atoms with Gasteiger partial charge in [-0.3, -0.25) is 14.9 Å². The van der Waals surface area contributed by atoms with Crippen LogP contribution in [-0.4, -0.2) is 35.5 Å². The van der Waals surface area contributed by atoms with E-state index in [0.29, 0.717) is 31.1 Å². The molecular weight excluding hydrogens is 348 g/mol. The fraction of sp³-hybridized carbons (Fsp3) is 0.350. The Labute approximate surface area is 156 Å². The molecule has 0 saturated carbocycles. The first kappa shape index (κ1) is 17.3. The van der Waals surface area contributed by atoms with Crippen LogP contribution in [0.15, 0.2) is 42.5 Å². The van der Waals surface area contributed by atoms with Crippen molar-refractivity contribution >= 4 is 11.6 Å². The Balaban J connectivity index is 1.55. The number of nitrogens with zero attached hydrogens (tertiary/aromatic N) is 2. The third-order valence-corrected chi connectivity index (χ3v) is 5.05. The number of likely N-dealkylation sites (tertiary alicyclic amines) is 1. The van der Waals surface area contributed by atoms with Gasteiger partial charge < -0.3 is 14.4 Å². The van der Waals surface area contributed by atoms with Crippen molar-refractivity contribution in [2.45, 2.75) is 25.3 Å². The highest BCUT2D eigenvalue weighted by Crippen LogP contribution is 2.38. The standard InChI is InChI=1S/C20H20N2O5/c23-20(13-14-4-1-2-5-17(14)22(24)25)21-9-3-6-16(21)15-7-8-18-19(12-15)27-11-10-26-18/h1-2,4-5,7-8,12,16H,3,6,9-11,13H2/t16-/m0/s1. The van der Waals surface area contributed by atoms with Crippen LogP contribution in [0.5, 0.6) is 11.5 Å². The molecule has 2 aromatic rings. The molecule has 0 N–H and O–H groups in total. The molecule has 140 valence electrons. The topological polar surface area (TPSA) is 81.9 Å². The molecule has 0 radical (unpaired) electrons. The Morgan fingerprint density at radius 3 is 2.74 bits per heavy atom. The third-order valence-electron chi connectivity index (χ3n) is 5.05. The number of nitro groups is 1. The van der Waals surface area contributed by atoms with Gasteiger partial charge in [-0.1, -0.05) is 24.3 Å². The maximum absolute atomic E-state index is 12.9. The first-order valence-electron chi connectivity index (χ1n) is 9.05. The minimum absolute atomic E-state index is 0.0130. The molecule has 27 heavy (non-hydrogen) atoms. The molecular formula is C20H20N2O5. The molecule has 7 heteroatoms.